The fraction of sp³-hybridized carbons (Fsp3) is 0.0714. The summed E-state index contributed by atoms with van der Waals surface area (Å²) in [7, 11) is 0. The Morgan fingerprint density at radius 3 is 2.47 bits per heavy atom. The Bertz CT molecular complexity index is 643. The fourth-order valence-corrected chi connectivity index (χ4v) is 1.97. The van der Waals surface area contributed by atoms with Gasteiger partial charge in [0.25, 0.3) is 0 Å². The molecule has 3 nitrogen and oxygen atoms in total. The molecule has 0 radical (unpaired) electrons. The van der Waals surface area contributed by atoms with Gasteiger partial charge in [0.1, 0.15) is 17.3 Å². The van der Waals surface area contributed by atoms with E-state index in [1.165, 1.54) is 25.1 Å². The summed E-state index contributed by atoms with van der Waals surface area (Å²) in [5.74, 6) is 0.432. The van der Waals surface area contributed by atoms with Crippen LogP contribution < -0.4 is 10.5 Å². The van der Waals surface area contributed by atoms with E-state index in [-0.39, 0.29) is 11.6 Å². The van der Waals surface area contributed by atoms with E-state index in [4.69, 9.17) is 10.5 Å². The van der Waals surface area contributed by atoms with Crippen molar-refractivity contribution < 1.29 is 13.9 Å². The smallest absolute Gasteiger partial charge is 0.159 e. The molecule has 0 fully saturated rings. The summed E-state index contributed by atoms with van der Waals surface area (Å²) in [6.07, 6.45) is 0. The van der Waals surface area contributed by atoms with E-state index < -0.39 is 0 Å². The normalized spacial score (nSPS) is 10.3. The Kier molecular flexibility index (Phi) is 3.85. The third-order valence-electron chi connectivity index (χ3n) is 2.53. The third kappa shape index (κ3) is 3.12. The standard InChI is InChI=1S/C14H11BrFNO2/c1-8(18)9-2-4-14(12(17)6-9)19-13-5-3-10(16)7-11(13)15/h2-7H,17H2,1H3. The van der Waals surface area contributed by atoms with Crippen molar-refractivity contribution in [2.45, 2.75) is 6.92 Å². The van der Waals surface area contributed by atoms with Gasteiger partial charge >= 0.3 is 0 Å². The average Bonchev–Trinajstić information content (AvgIpc) is 2.34. The Hall–Kier alpha value is -1.88. The van der Waals surface area contributed by atoms with E-state index >= 15 is 0 Å². The average molecular weight is 324 g/mol. The quantitative estimate of drug-likeness (QED) is 0.681. The van der Waals surface area contributed by atoms with Crippen LogP contribution in [0.5, 0.6) is 11.5 Å². The molecule has 2 rings (SSSR count). The minimum atomic E-state index is -0.362. The first-order chi connectivity index (χ1) is 8.97. The summed E-state index contributed by atoms with van der Waals surface area (Å²) in [6, 6.07) is 8.88. The van der Waals surface area contributed by atoms with Gasteiger partial charge in [0.05, 0.1) is 10.2 Å². The highest BCUT2D eigenvalue weighted by molar-refractivity contribution is 9.10. The summed E-state index contributed by atoms with van der Waals surface area (Å²) in [6.45, 7) is 1.46. The number of nitrogens with two attached hydrogens (primary N) is 1. The van der Waals surface area contributed by atoms with Crippen molar-refractivity contribution in [3.05, 3.63) is 52.3 Å². The predicted molar refractivity (Wildman–Crippen MR) is 75.0 cm³/mol. The number of halogens is 2. The van der Waals surface area contributed by atoms with Crippen molar-refractivity contribution in [3.8, 4) is 11.5 Å². The van der Waals surface area contributed by atoms with E-state index in [1.807, 2.05) is 0 Å². The van der Waals surface area contributed by atoms with Crippen molar-refractivity contribution >= 4 is 27.4 Å². The number of rotatable bonds is 3. The van der Waals surface area contributed by atoms with Crippen LogP contribution in [0.15, 0.2) is 40.9 Å². The van der Waals surface area contributed by atoms with E-state index in [2.05, 4.69) is 15.9 Å². The molecule has 98 valence electrons. The first kappa shape index (κ1) is 13.5. The molecule has 0 aliphatic carbocycles. The number of Topliss-reactive ketones (excluding diaryl/α,β-unsaturated/α-hetero) is 1. The molecular formula is C14H11BrFNO2. The van der Waals surface area contributed by atoms with E-state index in [0.29, 0.717) is 27.2 Å². The maximum Gasteiger partial charge on any atom is 0.159 e. The minimum Gasteiger partial charge on any atom is -0.454 e. The van der Waals surface area contributed by atoms with Crippen LogP contribution in [0, 0.1) is 5.82 Å². The SMILES string of the molecule is CC(=O)c1ccc(Oc2ccc(F)cc2Br)c(N)c1. The number of hydrogen-bond donors (Lipinski definition) is 1. The molecule has 19 heavy (non-hydrogen) atoms. The molecule has 2 aromatic rings. The van der Waals surface area contributed by atoms with Gasteiger partial charge < -0.3 is 10.5 Å². The van der Waals surface area contributed by atoms with E-state index in [1.54, 1.807) is 18.2 Å². The van der Waals surface area contributed by atoms with Crippen LogP contribution in [0.2, 0.25) is 0 Å². The first-order valence-electron chi connectivity index (χ1n) is 5.51. The molecule has 0 bridgehead atoms. The van der Waals surface area contributed by atoms with Gasteiger partial charge in [-0.25, -0.2) is 4.39 Å². The van der Waals surface area contributed by atoms with Gasteiger partial charge in [-0.2, -0.15) is 0 Å². The molecule has 0 saturated carbocycles. The van der Waals surface area contributed by atoms with Crippen molar-refractivity contribution in [1.82, 2.24) is 0 Å². The van der Waals surface area contributed by atoms with Crippen LogP contribution >= 0.6 is 15.9 Å². The van der Waals surface area contributed by atoms with E-state index in [9.17, 15) is 9.18 Å². The molecule has 0 saturated heterocycles. The molecule has 0 unspecified atom stereocenters. The lowest BCUT2D eigenvalue weighted by molar-refractivity contribution is 0.101. The first-order valence-corrected chi connectivity index (χ1v) is 6.30. The lowest BCUT2D eigenvalue weighted by atomic mass is 10.1. The number of ether oxygens (including phenoxy) is 1. The second kappa shape index (κ2) is 5.40. The Morgan fingerprint density at radius 2 is 1.89 bits per heavy atom. The maximum absolute atomic E-state index is 13.0. The summed E-state index contributed by atoms with van der Waals surface area (Å²) in [5, 5.41) is 0. The van der Waals surface area contributed by atoms with Gasteiger partial charge in [-0.3, -0.25) is 4.79 Å². The van der Waals surface area contributed by atoms with Crippen LogP contribution in [-0.2, 0) is 0 Å². The molecular weight excluding hydrogens is 313 g/mol. The van der Waals surface area contributed by atoms with E-state index in [0.717, 1.165) is 0 Å². The molecule has 0 atom stereocenters. The van der Waals surface area contributed by atoms with Gasteiger partial charge in [-0.15, -0.1) is 0 Å². The number of nitrogen functional groups attached to an aromatic ring is 1. The van der Waals surface area contributed by atoms with Crippen molar-refractivity contribution in [3.63, 3.8) is 0 Å². The van der Waals surface area contributed by atoms with Crippen LogP contribution in [-0.4, -0.2) is 5.78 Å². The molecule has 5 heteroatoms. The Balaban J connectivity index is 2.31. The number of carbonyl (C=O) groups is 1. The van der Waals surface area contributed by atoms with Crippen LogP contribution in [0.25, 0.3) is 0 Å². The zero-order valence-corrected chi connectivity index (χ0v) is 11.7. The highest BCUT2D eigenvalue weighted by atomic mass is 79.9. The molecule has 0 aliphatic rings. The summed E-state index contributed by atoms with van der Waals surface area (Å²) in [4.78, 5) is 11.2. The topological polar surface area (TPSA) is 52.3 Å². The zero-order valence-electron chi connectivity index (χ0n) is 10.1. The molecule has 2 aromatic carbocycles. The number of anilines is 1. The Morgan fingerprint density at radius 1 is 1.21 bits per heavy atom. The van der Waals surface area contributed by atoms with Gasteiger partial charge in [0.2, 0.25) is 0 Å². The van der Waals surface area contributed by atoms with Gasteiger partial charge in [0, 0.05) is 5.56 Å². The van der Waals surface area contributed by atoms with Crippen molar-refractivity contribution in [2.75, 3.05) is 5.73 Å². The molecule has 0 aromatic heterocycles. The minimum absolute atomic E-state index is 0.0683. The molecule has 0 aliphatic heterocycles. The second-order valence-electron chi connectivity index (χ2n) is 3.99. The van der Waals surface area contributed by atoms with Crippen molar-refractivity contribution in [2.24, 2.45) is 0 Å². The molecule has 0 heterocycles. The summed E-state index contributed by atoms with van der Waals surface area (Å²) < 4.78 is 19.0. The molecule has 2 N–H and O–H groups in total. The van der Waals surface area contributed by atoms with Crippen LogP contribution in [0.4, 0.5) is 10.1 Å². The zero-order chi connectivity index (χ0) is 14.0. The third-order valence-corrected chi connectivity index (χ3v) is 3.15. The Labute approximate surface area is 118 Å². The van der Waals surface area contributed by atoms with Gasteiger partial charge in [-0.05, 0) is 59.3 Å². The number of ketones is 1. The summed E-state index contributed by atoms with van der Waals surface area (Å²) in [5.41, 5.74) is 6.69. The monoisotopic (exact) mass is 323 g/mol. The highest BCUT2D eigenvalue weighted by Crippen LogP contribution is 2.33. The van der Waals surface area contributed by atoms with Gasteiger partial charge in [-0.1, -0.05) is 0 Å². The fourth-order valence-electron chi connectivity index (χ4n) is 1.54. The molecule has 0 spiro atoms. The largest absolute Gasteiger partial charge is 0.454 e. The lowest BCUT2D eigenvalue weighted by Crippen LogP contribution is -1.97. The number of hydrogen-bond acceptors (Lipinski definition) is 3. The summed E-state index contributed by atoms with van der Waals surface area (Å²) >= 11 is 3.21. The second-order valence-corrected chi connectivity index (χ2v) is 4.84. The van der Waals surface area contributed by atoms with Crippen LogP contribution in [0.3, 0.4) is 0 Å². The lowest BCUT2D eigenvalue weighted by Gasteiger charge is -2.10. The highest BCUT2D eigenvalue weighted by Gasteiger charge is 2.08. The number of benzene rings is 2. The predicted octanol–water partition coefficient (Wildman–Crippen LogP) is 4.17. The van der Waals surface area contributed by atoms with Crippen LogP contribution in [0.1, 0.15) is 17.3 Å². The molecule has 0 amide bonds. The van der Waals surface area contributed by atoms with Crippen molar-refractivity contribution in [1.29, 1.82) is 0 Å². The number of carbonyl (C=O) groups excluding carboxylic acids is 1. The van der Waals surface area contributed by atoms with Gasteiger partial charge in [0.15, 0.2) is 5.78 Å². The maximum atomic E-state index is 13.0.